The lowest BCUT2D eigenvalue weighted by Crippen LogP contribution is -2.44. The van der Waals surface area contributed by atoms with Crippen molar-refractivity contribution < 1.29 is 28.5 Å². The molecule has 0 aromatic heterocycles. The van der Waals surface area contributed by atoms with E-state index >= 15 is 0 Å². The van der Waals surface area contributed by atoms with Crippen molar-refractivity contribution in [2.24, 2.45) is 5.92 Å². The topological polar surface area (TPSA) is 71.1 Å². The number of rotatable bonds is 7. The van der Waals surface area contributed by atoms with Crippen LogP contribution in [0.2, 0.25) is 0 Å². The number of fused-ring (bicyclic) bond motifs is 1. The lowest BCUT2D eigenvalue weighted by atomic mass is 9.88. The van der Waals surface area contributed by atoms with E-state index in [9.17, 15) is 9.59 Å². The van der Waals surface area contributed by atoms with Crippen LogP contribution >= 0.6 is 0 Å². The van der Waals surface area contributed by atoms with Gasteiger partial charge in [0.2, 0.25) is 0 Å². The van der Waals surface area contributed by atoms with Crippen molar-refractivity contribution in [3.8, 4) is 5.75 Å². The van der Waals surface area contributed by atoms with Gasteiger partial charge in [0.25, 0.3) is 5.79 Å². The van der Waals surface area contributed by atoms with Crippen LogP contribution in [0, 0.1) is 19.8 Å². The predicted molar refractivity (Wildman–Crippen MR) is 133 cm³/mol. The summed E-state index contributed by atoms with van der Waals surface area (Å²) in [6.45, 7) is 3.70. The highest BCUT2D eigenvalue weighted by Crippen LogP contribution is 2.53. The van der Waals surface area contributed by atoms with E-state index in [1.54, 1.807) is 0 Å². The summed E-state index contributed by atoms with van der Waals surface area (Å²) >= 11 is 0. The summed E-state index contributed by atoms with van der Waals surface area (Å²) in [5, 5.41) is 0. The maximum Gasteiger partial charge on any atom is 0.347 e. The third kappa shape index (κ3) is 3.96. The molecule has 6 nitrogen and oxygen atoms in total. The number of hydrogen-bond acceptors (Lipinski definition) is 6. The molecule has 0 spiro atoms. The van der Waals surface area contributed by atoms with Gasteiger partial charge in [-0.15, -0.1) is 0 Å². The molecule has 4 unspecified atom stereocenters. The summed E-state index contributed by atoms with van der Waals surface area (Å²) < 4.78 is 22.8. The van der Waals surface area contributed by atoms with Crippen LogP contribution in [0.25, 0.3) is 0 Å². The van der Waals surface area contributed by atoms with Crippen molar-refractivity contribution in [1.82, 2.24) is 0 Å². The van der Waals surface area contributed by atoms with E-state index in [0.29, 0.717) is 18.6 Å². The molecule has 3 aromatic rings. The molecule has 0 aliphatic carbocycles. The van der Waals surface area contributed by atoms with Crippen LogP contribution in [0.1, 0.15) is 24.0 Å². The molecular weight excluding hydrogens is 476 g/mol. The first-order valence-corrected chi connectivity index (χ1v) is 13.3. The Hall–Kier alpha value is -3.29. The lowest BCUT2D eigenvalue weighted by Gasteiger charge is -2.27. The van der Waals surface area contributed by atoms with Crippen LogP contribution in [0.3, 0.4) is 0 Å². The Morgan fingerprint density at radius 2 is 1.58 bits per heavy atom. The van der Waals surface area contributed by atoms with Gasteiger partial charge in [-0.25, -0.2) is 4.79 Å². The molecule has 184 valence electrons. The number of ether oxygens (including phenoxy) is 4. The third-order valence-corrected chi connectivity index (χ3v) is 9.19. The second-order valence-electron chi connectivity index (χ2n) is 9.54. The fourth-order valence-electron chi connectivity index (χ4n) is 5.56. The highest BCUT2D eigenvalue weighted by molar-refractivity contribution is 7.97. The minimum atomic E-state index is -1.29. The number of carbonyl (C=O) groups is 2. The number of benzene rings is 3. The van der Waals surface area contributed by atoms with Gasteiger partial charge in [0.05, 0.1) is 29.3 Å². The van der Waals surface area contributed by atoms with Gasteiger partial charge in [0, 0.05) is 12.1 Å². The van der Waals surface area contributed by atoms with E-state index < -0.39 is 17.9 Å². The SMILES string of the molecule is Cc1cc([S+](c2ccccc2)c2ccccc2)cc(C)c1OCC(=O)OC12CC3CC(C(=O)O1)C2O3. The zero-order valence-electron chi connectivity index (χ0n) is 20.1. The van der Waals surface area contributed by atoms with Crippen LogP contribution < -0.4 is 4.74 Å². The summed E-state index contributed by atoms with van der Waals surface area (Å²) in [6, 6.07) is 25.2. The van der Waals surface area contributed by atoms with Crippen molar-refractivity contribution in [3.05, 3.63) is 83.9 Å². The number of esters is 2. The molecule has 3 fully saturated rings. The van der Waals surface area contributed by atoms with Crippen LogP contribution in [-0.4, -0.2) is 36.5 Å². The average Bonchev–Trinajstić information content (AvgIpc) is 3.47. The van der Waals surface area contributed by atoms with Crippen molar-refractivity contribution in [2.75, 3.05) is 6.61 Å². The van der Waals surface area contributed by atoms with Gasteiger partial charge in [-0.2, -0.15) is 0 Å². The van der Waals surface area contributed by atoms with E-state index in [-0.39, 0.29) is 35.5 Å². The molecule has 36 heavy (non-hydrogen) atoms. The standard InChI is InChI=1S/C29H27O6S/c1-18-13-23(36(21-9-5-3-6-10-21)22-11-7-4-8-12-22)14-19(2)26(18)32-17-25(30)34-29-16-20-15-24(27(29)33-20)28(31)35-29/h3-14,20,24,27H,15-17H2,1-2H3/q+1. The van der Waals surface area contributed by atoms with Crippen molar-refractivity contribution >= 4 is 22.8 Å². The van der Waals surface area contributed by atoms with E-state index in [4.69, 9.17) is 18.9 Å². The minimum Gasteiger partial charge on any atom is -0.481 e. The maximum absolute atomic E-state index is 12.7. The summed E-state index contributed by atoms with van der Waals surface area (Å²) in [5.74, 6) is -1.89. The lowest BCUT2D eigenvalue weighted by molar-refractivity contribution is -0.222. The second-order valence-corrected chi connectivity index (χ2v) is 11.6. The zero-order chi connectivity index (χ0) is 24.9. The van der Waals surface area contributed by atoms with Crippen LogP contribution in [-0.2, 0) is 34.7 Å². The monoisotopic (exact) mass is 503 g/mol. The summed E-state index contributed by atoms with van der Waals surface area (Å²) in [7, 11) is -0.276. The Kier molecular flexibility index (Phi) is 5.77. The third-order valence-electron chi connectivity index (χ3n) is 6.99. The van der Waals surface area contributed by atoms with Gasteiger partial charge in [0.15, 0.2) is 21.3 Å². The average molecular weight is 504 g/mol. The summed E-state index contributed by atoms with van der Waals surface area (Å²) in [4.78, 5) is 28.5. The Morgan fingerprint density at radius 3 is 2.17 bits per heavy atom. The van der Waals surface area contributed by atoms with E-state index in [0.717, 1.165) is 11.1 Å². The molecule has 3 aliphatic heterocycles. The zero-order valence-corrected chi connectivity index (χ0v) is 21.0. The van der Waals surface area contributed by atoms with Gasteiger partial charge in [-0.05, 0) is 55.7 Å². The normalized spacial score (nSPS) is 25.8. The van der Waals surface area contributed by atoms with Crippen LogP contribution in [0.15, 0.2) is 87.5 Å². The number of aryl methyl sites for hydroxylation is 2. The maximum atomic E-state index is 12.7. The highest BCUT2D eigenvalue weighted by Gasteiger charge is 2.70. The van der Waals surface area contributed by atoms with E-state index in [1.807, 2.05) is 26.0 Å². The predicted octanol–water partition coefficient (Wildman–Crippen LogP) is 4.75. The molecular formula is C29H27O6S+. The molecule has 3 saturated heterocycles. The summed E-state index contributed by atoms with van der Waals surface area (Å²) in [6.07, 6.45) is 0.424. The number of carbonyl (C=O) groups excluding carboxylic acids is 2. The van der Waals surface area contributed by atoms with Crippen molar-refractivity contribution in [2.45, 2.75) is 59.4 Å². The number of hydrogen-bond donors (Lipinski definition) is 0. The first-order valence-electron chi connectivity index (χ1n) is 12.1. The quantitative estimate of drug-likeness (QED) is 0.342. The van der Waals surface area contributed by atoms with Gasteiger partial charge in [-0.1, -0.05) is 36.4 Å². The molecule has 0 amide bonds. The first-order chi connectivity index (χ1) is 17.4. The van der Waals surface area contributed by atoms with E-state index in [1.165, 1.54) is 14.7 Å². The summed E-state index contributed by atoms with van der Waals surface area (Å²) in [5.41, 5.74) is 1.88. The van der Waals surface area contributed by atoms with Crippen LogP contribution in [0.4, 0.5) is 0 Å². The fourth-order valence-corrected chi connectivity index (χ4v) is 7.82. The largest absolute Gasteiger partial charge is 0.481 e. The Morgan fingerprint density at radius 1 is 0.972 bits per heavy atom. The van der Waals surface area contributed by atoms with Crippen LogP contribution in [0.5, 0.6) is 5.75 Å². The molecule has 0 N–H and O–H groups in total. The molecule has 0 radical (unpaired) electrons. The van der Waals surface area contributed by atoms with Gasteiger partial charge in [0.1, 0.15) is 11.9 Å². The minimum absolute atomic E-state index is 0.0970. The first kappa shape index (κ1) is 23.1. The highest BCUT2D eigenvalue weighted by atomic mass is 32.2. The molecule has 3 heterocycles. The van der Waals surface area contributed by atoms with Gasteiger partial charge >= 0.3 is 11.9 Å². The molecule has 4 atom stereocenters. The molecule has 0 saturated carbocycles. The Labute approximate surface area is 212 Å². The van der Waals surface area contributed by atoms with Gasteiger partial charge < -0.3 is 18.9 Å². The smallest absolute Gasteiger partial charge is 0.347 e. The molecule has 2 bridgehead atoms. The van der Waals surface area contributed by atoms with E-state index in [2.05, 4.69) is 60.7 Å². The molecule has 7 heteroatoms. The Bertz CT molecular complexity index is 1250. The van der Waals surface area contributed by atoms with Crippen molar-refractivity contribution in [1.29, 1.82) is 0 Å². The van der Waals surface area contributed by atoms with Gasteiger partial charge in [-0.3, -0.25) is 4.79 Å². The fraction of sp³-hybridized carbons (Fsp3) is 0.310. The van der Waals surface area contributed by atoms with Crippen molar-refractivity contribution in [3.63, 3.8) is 0 Å². The Balaban J connectivity index is 1.20. The molecule has 3 aliphatic rings. The molecule has 3 aromatic carbocycles. The second kappa shape index (κ2) is 8.98. The molecule has 6 rings (SSSR count).